The number of amides is 1. The van der Waals surface area contributed by atoms with Crippen LogP contribution in [-0.4, -0.2) is 41.5 Å². The average molecular weight is 301 g/mol. The second-order valence-electron chi connectivity index (χ2n) is 6.94. The Balaban J connectivity index is 2.70. The van der Waals surface area contributed by atoms with E-state index in [1.54, 1.807) is 20.8 Å². The van der Waals surface area contributed by atoms with E-state index in [4.69, 9.17) is 9.47 Å². The Bertz CT molecular complexity index is 375. The number of aliphatic hydroxyl groups is 1. The van der Waals surface area contributed by atoms with Crippen LogP contribution in [0.25, 0.3) is 0 Å². The monoisotopic (exact) mass is 301 g/mol. The molecule has 6 heteroatoms. The van der Waals surface area contributed by atoms with E-state index >= 15 is 0 Å². The van der Waals surface area contributed by atoms with Gasteiger partial charge in [-0.3, -0.25) is 4.79 Å². The molecule has 6 nitrogen and oxygen atoms in total. The summed E-state index contributed by atoms with van der Waals surface area (Å²) in [5.41, 5.74) is -0.607. The zero-order valence-corrected chi connectivity index (χ0v) is 13.5. The number of rotatable bonds is 5. The summed E-state index contributed by atoms with van der Waals surface area (Å²) in [6.45, 7) is 9.62. The second kappa shape index (κ2) is 7.11. The first-order chi connectivity index (χ1) is 9.60. The molecule has 0 aromatic carbocycles. The van der Waals surface area contributed by atoms with Crippen LogP contribution in [0, 0.1) is 11.8 Å². The molecule has 1 fully saturated rings. The quantitative estimate of drug-likeness (QED) is 0.757. The fourth-order valence-electron chi connectivity index (χ4n) is 2.35. The van der Waals surface area contributed by atoms with Crippen molar-refractivity contribution < 1.29 is 24.2 Å². The predicted molar refractivity (Wildman–Crippen MR) is 77.7 cm³/mol. The van der Waals surface area contributed by atoms with Gasteiger partial charge in [0.15, 0.2) is 0 Å². The highest BCUT2D eigenvalue weighted by Crippen LogP contribution is 2.23. The van der Waals surface area contributed by atoms with E-state index in [-0.39, 0.29) is 5.92 Å². The van der Waals surface area contributed by atoms with Gasteiger partial charge >= 0.3 is 12.1 Å². The molecule has 0 aliphatic carbocycles. The molecule has 0 unspecified atom stereocenters. The highest BCUT2D eigenvalue weighted by atomic mass is 16.6. The third kappa shape index (κ3) is 5.91. The van der Waals surface area contributed by atoms with E-state index in [2.05, 4.69) is 5.32 Å². The number of hydrogen-bond acceptors (Lipinski definition) is 5. The molecule has 2 N–H and O–H groups in total. The topological polar surface area (TPSA) is 84.9 Å². The summed E-state index contributed by atoms with van der Waals surface area (Å²) in [5.74, 6) is -0.719. The zero-order valence-electron chi connectivity index (χ0n) is 13.5. The van der Waals surface area contributed by atoms with Gasteiger partial charge in [0.1, 0.15) is 5.60 Å². The maximum absolute atomic E-state index is 11.9. The first kappa shape index (κ1) is 17.8. The number of ether oxygens (including phenoxy) is 2. The number of carbonyl (C=O) groups is 2. The summed E-state index contributed by atoms with van der Waals surface area (Å²) in [6.07, 6.45) is -0.511. The molecule has 1 aliphatic heterocycles. The van der Waals surface area contributed by atoms with Crippen LogP contribution in [0.1, 0.15) is 47.5 Å². The van der Waals surface area contributed by atoms with Crippen LogP contribution in [0.15, 0.2) is 0 Å². The third-order valence-corrected chi connectivity index (χ3v) is 3.23. The number of nitrogens with one attached hydrogen (secondary N) is 1. The van der Waals surface area contributed by atoms with Crippen LogP contribution < -0.4 is 5.32 Å². The first-order valence-corrected chi connectivity index (χ1v) is 7.44. The van der Waals surface area contributed by atoms with Crippen molar-refractivity contribution in [2.45, 2.75) is 65.2 Å². The van der Waals surface area contributed by atoms with E-state index in [0.717, 1.165) is 0 Å². The molecule has 0 radical (unpaired) electrons. The molecular weight excluding hydrogens is 274 g/mol. The largest absolute Gasteiger partial charge is 0.465 e. The molecule has 0 aromatic heterocycles. The van der Waals surface area contributed by atoms with E-state index in [1.165, 1.54) is 0 Å². The first-order valence-electron chi connectivity index (χ1n) is 7.44. The van der Waals surface area contributed by atoms with Gasteiger partial charge < -0.3 is 19.9 Å². The minimum absolute atomic E-state index is 0.261. The van der Waals surface area contributed by atoms with Gasteiger partial charge in [-0.25, -0.2) is 4.79 Å². The van der Waals surface area contributed by atoms with Gasteiger partial charge in [-0.15, -0.1) is 0 Å². The third-order valence-electron chi connectivity index (χ3n) is 3.23. The van der Waals surface area contributed by atoms with Crippen LogP contribution in [0.4, 0.5) is 4.79 Å². The minimum atomic E-state index is -0.963. The van der Waals surface area contributed by atoms with Crippen molar-refractivity contribution in [2.24, 2.45) is 11.8 Å². The summed E-state index contributed by atoms with van der Waals surface area (Å²) in [4.78, 5) is 23.5. The molecule has 21 heavy (non-hydrogen) atoms. The van der Waals surface area contributed by atoms with Gasteiger partial charge in [0.2, 0.25) is 0 Å². The predicted octanol–water partition coefficient (Wildman–Crippen LogP) is 1.85. The van der Waals surface area contributed by atoms with E-state index < -0.39 is 35.7 Å². The SMILES string of the molecule is CC(C)C[C@H](NC(=O)OC(C)(C)C)[C@H](O)[C@H]1CCOC1=O. The summed E-state index contributed by atoms with van der Waals surface area (Å²) in [5, 5.41) is 13.1. The maximum Gasteiger partial charge on any atom is 0.407 e. The van der Waals surface area contributed by atoms with Crippen LogP contribution in [-0.2, 0) is 14.3 Å². The molecule has 3 atom stereocenters. The normalized spacial score (nSPS) is 21.9. The Hall–Kier alpha value is -1.30. The van der Waals surface area contributed by atoms with Crippen molar-refractivity contribution in [2.75, 3.05) is 6.61 Å². The Labute approximate surface area is 126 Å². The molecule has 1 saturated heterocycles. The lowest BCUT2D eigenvalue weighted by Crippen LogP contribution is -2.49. The van der Waals surface area contributed by atoms with Crippen molar-refractivity contribution in [1.29, 1.82) is 0 Å². The second-order valence-corrected chi connectivity index (χ2v) is 6.94. The molecular formula is C15H27NO5. The Kier molecular flexibility index (Phi) is 6.01. The molecule has 1 amide bonds. The standard InChI is InChI=1S/C15H27NO5/c1-9(2)8-11(16-14(19)21-15(3,4)5)12(17)10-6-7-20-13(10)18/h9-12,17H,6-8H2,1-5H3,(H,16,19)/t10-,11+,12-/m1/s1. The lowest BCUT2D eigenvalue weighted by atomic mass is 9.90. The summed E-state index contributed by atoms with van der Waals surface area (Å²) in [6, 6.07) is -0.532. The smallest absolute Gasteiger partial charge is 0.407 e. The number of cyclic esters (lactones) is 1. The fraction of sp³-hybridized carbons (Fsp3) is 0.867. The van der Waals surface area contributed by atoms with Crippen LogP contribution in [0.3, 0.4) is 0 Å². The summed E-state index contributed by atoms with van der Waals surface area (Å²) < 4.78 is 10.1. The van der Waals surface area contributed by atoms with Crippen LogP contribution in [0.5, 0.6) is 0 Å². The van der Waals surface area contributed by atoms with Crippen LogP contribution >= 0.6 is 0 Å². The lowest BCUT2D eigenvalue weighted by molar-refractivity contribution is -0.144. The van der Waals surface area contributed by atoms with Gasteiger partial charge in [-0.2, -0.15) is 0 Å². The Morgan fingerprint density at radius 1 is 1.48 bits per heavy atom. The average Bonchev–Trinajstić information content (AvgIpc) is 2.70. The molecule has 0 saturated carbocycles. The zero-order chi connectivity index (χ0) is 16.2. The van der Waals surface area contributed by atoms with Crippen molar-refractivity contribution in [1.82, 2.24) is 5.32 Å². The van der Waals surface area contributed by atoms with Crippen molar-refractivity contribution in [3.8, 4) is 0 Å². The maximum atomic E-state index is 11.9. The van der Waals surface area contributed by atoms with E-state index in [9.17, 15) is 14.7 Å². The number of hydrogen-bond donors (Lipinski definition) is 2. The molecule has 1 rings (SSSR count). The summed E-state index contributed by atoms with van der Waals surface area (Å²) >= 11 is 0. The number of esters is 1. The molecule has 1 heterocycles. The van der Waals surface area contributed by atoms with Crippen molar-refractivity contribution in [3.63, 3.8) is 0 Å². The van der Waals surface area contributed by atoms with Gasteiger partial charge in [0, 0.05) is 0 Å². The van der Waals surface area contributed by atoms with Crippen molar-refractivity contribution >= 4 is 12.1 Å². The molecule has 0 aromatic rings. The van der Waals surface area contributed by atoms with E-state index in [0.29, 0.717) is 19.4 Å². The molecule has 0 spiro atoms. The van der Waals surface area contributed by atoms with Gasteiger partial charge in [0.25, 0.3) is 0 Å². The number of aliphatic hydroxyl groups excluding tert-OH is 1. The Morgan fingerprint density at radius 3 is 2.52 bits per heavy atom. The highest BCUT2D eigenvalue weighted by Gasteiger charge is 2.38. The van der Waals surface area contributed by atoms with Crippen molar-refractivity contribution in [3.05, 3.63) is 0 Å². The Morgan fingerprint density at radius 2 is 2.10 bits per heavy atom. The van der Waals surface area contributed by atoms with Gasteiger partial charge in [-0.1, -0.05) is 13.8 Å². The fourth-order valence-corrected chi connectivity index (χ4v) is 2.35. The summed E-state index contributed by atoms with van der Waals surface area (Å²) in [7, 11) is 0. The number of carbonyl (C=O) groups excluding carboxylic acids is 2. The minimum Gasteiger partial charge on any atom is -0.465 e. The molecule has 1 aliphatic rings. The van der Waals surface area contributed by atoms with E-state index in [1.807, 2.05) is 13.8 Å². The highest BCUT2D eigenvalue weighted by molar-refractivity contribution is 5.75. The van der Waals surface area contributed by atoms with Gasteiger partial charge in [-0.05, 0) is 39.5 Å². The molecule has 0 bridgehead atoms. The van der Waals surface area contributed by atoms with Crippen LogP contribution in [0.2, 0.25) is 0 Å². The molecule has 122 valence electrons. The lowest BCUT2D eigenvalue weighted by Gasteiger charge is -2.29. The van der Waals surface area contributed by atoms with Gasteiger partial charge in [0.05, 0.1) is 24.7 Å². The number of alkyl carbamates (subject to hydrolysis) is 1.